The van der Waals surface area contributed by atoms with Gasteiger partial charge in [0.1, 0.15) is 11.9 Å². The molecule has 192 valence electrons. The molecule has 2 fully saturated rings. The summed E-state index contributed by atoms with van der Waals surface area (Å²) in [5.41, 5.74) is 10.3. The number of alkyl halides is 3. The van der Waals surface area contributed by atoms with Crippen molar-refractivity contribution in [2.75, 3.05) is 24.3 Å². The van der Waals surface area contributed by atoms with Crippen molar-refractivity contribution < 1.29 is 32.2 Å². The molecule has 2 aromatic carbocycles. The average Bonchev–Trinajstić information content (AvgIpc) is 3.64. The fourth-order valence-corrected chi connectivity index (χ4v) is 4.47. The van der Waals surface area contributed by atoms with E-state index in [1.54, 1.807) is 24.3 Å². The van der Waals surface area contributed by atoms with Gasteiger partial charge in [0.05, 0.1) is 30.1 Å². The molecule has 1 atom stereocenters. The summed E-state index contributed by atoms with van der Waals surface area (Å²) >= 11 is 0. The lowest BCUT2D eigenvalue weighted by Gasteiger charge is -2.23. The molecule has 1 saturated carbocycles. The minimum Gasteiger partial charge on any atom is -0.490 e. The monoisotopic (exact) mass is 503 g/mol. The van der Waals surface area contributed by atoms with Crippen LogP contribution in [0, 0.1) is 0 Å². The molecular formula is C26H28F3N3O4. The zero-order chi connectivity index (χ0) is 25.4. The first kappa shape index (κ1) is 24.3. The predicted octanol–water partition coefficient (Wildman–Crippen LogP) is 6.28. The van der Waals surface area contributed by atoms with Gasteiger partial charge in [-0.25, -0.2) is 4.79 Å². The van der Waals surface area contributed by atoms with Crippen molar-refractivity contribution in [1.29, 1.82) is 0 Å². The number of anilines is 2. The highest BCUT2D eigenvalue weighted by Gasteiger charge is 2.39. The topological polar surface area (TPSA) is 87.7 Å². The Bertz CT molecular complexity index is 1250. The molecule has 0 unspecified atom stereocenters. The van der Waals surface area contributed by atoms with Gasteiger partial charge in [0.15, 0.2) is 6.10 Å². The molecule has 3 N–H and O–H groups in total. The summed E-state index contributed by atoms with van der Waals surface area (Å²) in [6.45, 7) is 2.18. The molecule has 2 heterocycles. The van der Waals surface area contributed by atoms with Gasteiger partial charge in [-0.2, -0.15) is 13.2 Å². The van der Waals surface area contributed by atoms with Crippen molar-refractivity contribution >= 4 is 28.4 Å². The third-order valence-corrected chi connectivity index (χ3v) is 6.55. The molecule has 1 aliphatic heterocycles. The third-order valence-electron chi connectivity index (χ3n) is 6.55. The number of carbonyl (C=O) groups is 1. The van der Waals surface area contributed by atoms with Crippen molar-refractivity contribution in [3.05, 3.63) is 42.5 Å². The number of amides is 1. The number of hydrogen-bond acceptors (Lipinski definition) is 5. The number of fused-ring (bicyclic) bond motifs is 1. The maximum absolute atomic E-state index is 12.6. The van der Waals surface area contributed by atoms with Crippen molar-refractivity contribution in [3.63, 3.8) is 0 Å². The van der Waals surface area contributed by atoms with E-state index in [0.717, 1.165) is 60.5 Å². The summed E-state index contributed by atoms with van der Waals surface area (Å²) in [5, 5.41) is 3.27. The number of nitrogens with one attached hydrogen (secondary N) is 1. The molecule has 7 nitrogen and oxygen atoms in total. The summed E-state index contributed by atoms with van der Waals surface area (Å²) in [7, 11) is 0. The van der Waals surface area contributed by atoms with E-state index in [4.69, 9.17) is 15.2 Å². The van der Waals surface area contributed by atoms with Crippen molar-refractivity contribution in [1.82, 2.24) is 4.57 Å². The van der Waals surface area contributed by atoms with Gasteiger partial charge in [-0.05, 0) is 44.0 Å². The molecule has 0 spiro atoms. The van der Waals surface area contributed by atoms with Crippen LogP contribution in [0.5, 0.6) is 5.75 Å². The normalized spacial score (nSPS) is 17.7. The highest BCUT2D eigenvalue weighted by molar-refractivity contribution is 6.02. The molecule has 1 amide bonds. The SMILES string of the molecule is C[C@@H](OC(=O)Nc1ccc(-c2c(N)c3ccc(OC4CCOCC4)cc3n2C2CC2)cc1)C(F)(F)F. The van der Waals surface area contributed by atoms with Crippen LogP contribution >= 0.6 is 0 Å². The summed E-state index contributed by atoms with van der Waals surface area (Å²) in [5.74, 6) is 0.798. The number of ether oxygens (including phenoxy) is 3. The minimum atomic E-state index is -4.62. The molecule has 2 aliphatic rings. The van der Waals surface area contributed by atoms with Gasteiger partial charge in [-0.1, -0.05) is 12.1 Å². The zero-order valence-electron chi connectivity index (χ0n) is 19.8. The smallest absolute Gasteiger partial charge is 0.425 e. The van der Waals surface area contributed by atoms with Crippen molar-refractivity contribution in [2.45, 2.75) is 57.0 Å². The molecule has 0 bridgehead atoms. The highest BCUT2D eigenvalue weighted by Crippen LogP contribution is 2.47. The van der Waals surface area contributed by atoms with E-state index in [2.05, 4.69) is 14.6 Å². The molecule has 5 rings (SSSR count). The van der Waals surface area contributed by atoms with Crippen LogP contribution in [0.4, 0.5) is 29.3 Å². The number of nitrogens with zero attached hydrogens (tertiary/aromatic N) is 1. The van der Waals surface area contributed by atoms with Crippen LogP contribution in [0.25, 0.3) is 22.2 Å². The molecule has 10 heteroatoms. The summed E-state index contributed by atoms with van der Waals surface area (Å²) in [4.78, 5) is 11.8. The van der Waals surface area contributed by atoms with E-state index in [-0.39, 0.29) is 6.10 Å². The molecule has 0 radical (unpaired) electrons. The van der Waals surface area contributed by atoms with Crippen molar-refractivity contribution in [2.24, 2.45) is 0 Å². The Labute approximate surface area is 206 Å². The fraction of sp³-hybridized carbons (Fsp3) is 0.423. The summed E-state index contributed by atoms with van der Waals surface area (Å²) in [6.07, 6.45) is -4.06. The first-order valence-electron chi connectivity index (χ1n) is 12.0. The fourth-order valence-electron chi connectivity index (χ4n) is 4.47. The molecule has 3 aromatic rings. The van der Waals surface area contributed by atoms with Crippen LogP contribution in [0.15, 0.2) is 42.5 Å². The van der Waals surface area contributed by atoms with Gasteiger partial charge in [0.2, 0.25) is 0 Å². The largest absolute Gasteiger partial charge is 0.490 e. The Balaban J connectivity index is 1.39. The number of nitrogens with two attached hydrogens (primary N) is 1. The number of hydrogen-bond donors (Lipinski definition) is 2. The number of carbonyl (C=O) groups excluding carboxylic acids is 1. The van der Waals surface area contributed by atoms with Gasteiger partial charge in [-0.15, -0.1) is 0 Å². The highest BCUT2D eigenvalue weighted by atomic mass is 19.4. The second kappa shape index (κ2) is 9.57. The van der Waals surface area contributed by atoms with Gasteiger partial charge >= 0.3 is 12.3 Å². The predicted molar refractivity (Wildman–Crippen MR) is 130 cm³/mol. The van der Waals surface area contributed by atoms with Crippen LogP contribution in [0.2, 0.25) is 0 Å². The van der Waals surface area contributed by atoms with Crippen LogP contribution in [0.3, 0.4) is 0 Å². The van der Waals surface area contributed by atoms with E-state index in [1.807, 2.05) is 18.2 Å². The van der Waals surface area contributed by atoms with E-state index in [1.165, 1.54) is 0 Å². The lowest BCUT2D eigenvalue weighted by atomic mass is 10.1. The first-order chi connectivity index (χ1) is 17.2. The molecule has 1 aromatic heterocycles. The number of halogens is 3. The second-order valence-electron chi connectivity index (χ2n) is 9.26. The van der Waals surface area contributed by atoms with Crippen LogP contribution in [0.1, 0.15) is 38.6 Å². The van der Waals surface area contributed by atoms with Crippen LogP contribution < -0.4 is 15.8 Å². The summed E-state index contributed by atoms with van der Waals surface area (Å²) < 4.78 is 56.2. The van der Waals surface area contributed by atoms with Crippen LogP contribution in [-0.4, -0.2) is 42.3 Å². The van der Waals surface area contributed by atoms with E-state index >= 15 is 0 Å². The number of rotatable bonds is 6. The molecule has 1 saturated heterocycles. The number of benzene rings is 2. The van der Waals surface area contributed by atoms with Gasteiger partial charge in [-0.3, -0.25) is 5.32 Å². The maximum Gasteiger partial charge on any atom is 0.425 e. The van der Waals surface area contributed by atoms with Crippen molar-refractivity contribution in [3.8, 4) is 17.0 Å². The maximum atomic E-state index is 12.6. The Hall–Kier alpha value is -3.40. The lowest BCUT2D eigenvalue weighted by Crippen LogP contribution is -2.32. The Morgan fingerprint density at radius 3 is 2.44 bits per heavy atom. The molecular weight excluding hydrogens is 475 g/mol. The minimum absolute atomic E-state index is 0.128. The quantitative estimate of drug-likeness (QED) is 0.413. The molecule has 1 aliphatic carbocycles. The zero-order valence-corrected chi connectivity index (χ0v) is 19.8. The number of nitrogen functional groups attached to an aromatic ring is 1. The lowest BCUT2D eigenvalue weighted by molar-refractivity contribution is -0.196. The third kappa shape index (κ3) is 5.09. The number of aromatic nitrogens is 1. The first-order valence-corrected chi connectivity index (χ1v) is 12.0. The standard InChI is InChI=1S/C26H28F3N3O4/c1-15(26(27,28)29)35-25(33)31-17-4-2-16(3-5-17)24-23(30)21-9-8-20(36-19-10-12-34-13-11-19)14-22(21)32(24)18-6-7-18/h2-5,8-9,14-15,18-19H,6-7,10-13,30H2,1H3,(H,31,33)/t15-/m1/s1. The average molecular weight is 504 g/mol. The van der Waals surface area contributed by atoms with E-state index in [0.29, 0.717) is 30.6 Å². The molecule has 36 heavy (non-hydrogen) atoms. The van der Waals surface area contributed by atoms with E-state index in [9.17, 15) is 18.0 Å². The van der Waals surface area contributed by atoms with Gasteiger partial charge < -0.3 is 24.5 Å². The van der Waals surface area contributed by atoms with E-state index < -0.39 is 18.4 Å². The Morgan fingerprint density at radius 2 is 1.81 bits per heavy atom. The summed E-state index contributed by atoms with van der Waals surface area (Å²) in [6, 6.07) is 13.1. The van der Waals surface area contributed by atoms with Crippen LogP contribution in [-0.2, 0) is 9.47 Å². The van der Waals surface area contributed by atoms with Gasteiger partial charge in [0, 0.05) is 41.6 Å². The Kier molecular flexibility index (Phi) is 6.46. The van der Waals surface area contributed by atoms with Gasteiger partial charge in [0.25, 0.3) is 0 Å². The Morgan fingerprint density at radius 1 is 1.11 bits per heavy atom. The second-order valence-corrected chi connectivity index (χ2v) is 9.26.